The van der Waals surface area contributed by atoms with Crippen LogP contribution in [-0.2, 0) is 6.61 Å². The molecule has 0 aromatic heterocycles. The summed E-state index contributed by atoms with van der Waals surface area (Å²) in [5.74, 6) is 2.36. The topological polar surface area (TPSA) is 36.9 Å². The lowest BCUT2D eigenvalue weighted by molar-refractivity contribution is 0.170. The van der Waals surface area contributed by atoms with Crippen LogP contribution < -0.4 is 18.9 Å². The standard InChI is InChI=1S/C15H12Br2O4/c1-18-13-10(16)12(11(17)14-15(13)21-8-20-14)19-7-9-5-3-2-4-6-9/h2-6H,7-8H2,1H3. The van der Waals surface area contributed by atoms with Crippen molar-refractivity contribution in [2.75, 3.05) is 13.9 Å². The number of ether oxygens (including phenoxy) is 4. The molecule has 1 heterocycles. The Kier molecular flexibility index (Phi) is 4.26. The minimum atomic E-state index is 0.166. The van der Waals surface area contributed by atoms with Gasteiger partial charge < -0.3 is 18.9 Å². The van der Waals surface area contributed by atoms with Crippen LogP contribution in [0.2, 0.25) is 0 Å². The second kappa shape index (κ2) is 6.15. The minimum Gasteiger partial charge on any atom is -0.491 e. The van der Waals surface area contributed by atoms with Crippen molar-refractivity contribution >= 4 is 31.9 Å². The Balaban J connectivity index is 1.95. The van der Waals surface area contributed by atoms with Crippen LogP contribution in [0.3, 0.4) is 0 Å². The van der Waals surface area contributed by atoms with Crippen molar-refractivity contribution in [1.29, 1.82) is 0 Å². The first-order chi connectivity index (χ1) is 10.2. The van der Waals surface area contributed by atoms with E-state index in [0.717, 1.165) is 5.56 Å². The zero-order chi connectivity index (χ0) is 14.8. The average Bonchev–Trinajstić information content (AvgIpc) is 2.98. The van der Waals surface area contributed by atoms with Crippen molar-refractivity contribution < 1.29 is 18.9 Å². The second-order valence-electron chi connectivity index (χ2n) is 4.33. The van der Waals surface area contributed by atoms with Gasteiger partial charge in [-0.1, -0.05) is 30.3 Å². The van der Waals surface area contributed by atoms with Gasteiger partial charge in [0.2, 0.25) is 12.5 Å². The van der Waals surface area contributed by atoms with Gasteiger partial charge in [-0.25, -0.2) is 0 Å². The molecule has 2 aromatic carbocycles. The summed E-state index contributed by atoms with van der Waals surface area (Å²) in [5, 5.41) is 0. The van der Waals surface area contributed by atoms with Crippen LogP contribution in [0, 0.1) is 0 Å². The number of rotatable bonds is 4. The van der Waals surface area contributed by atoms with Crippen LogP contribution >= 0.6 is 31.9 Å². The summed E-state index contributed by atoms with van der Waals surface area (Å²) in [6.45, 7) is 0.611. The molecule has 0 atom stereocenters. The highest BCUT2D eigenvalue weighted by Crippen LogP contribution is 2.55. The van der Waals surface area contributed by atoms with Crippen LogP contribution in [0.5, 0.6) is 23.0 Å². The highest BCUT2D eigenvalue weighted by molar-refractivity contribution is 9.11. The van der Waals surface area contributed by atoms with E-state index >= 15 is 0 Å². The van der Waals surface area contributed by atoms with E-state index in [4.69, 9.17) is 18.9 Å². The van der Waals surface area contributed by atoms with Gasteiger partial charge in [0.25, 0.3) is 0 Å². The second-order valence-corrected chi connectivity index (χ2v) is 5.92. The van der Waals surface area contributed by atoms with Crippen LogP contribution in [0.15, 0.2) is 39.3 Å². The molecular formula is C15H12Br2O4. The average molecular weight is 416 g/mol. The Hall–Kier alpha value is -1.40. The maximum absolute atomic E-state index is 5.91. The molecule has 1 aliphatic rings. The molecule has 0 saturated heterocycles. The molecule has 1 aliphatic heterocycles. The maximum atomic E-state index is 5.91. The lowest BCUT2D eigenvalue weighted by atomic mass is 10.2. The van der Waals surface area contributed by atoms with E-state index < -0.39 is 0 Å². The third kappa shape index (κ3) is 2.70. The molecule has 0 amide bonds. The predicted octanol–water partition coefficient (Wildman–Crippen LogP) is 4.53. The lowest BCUT2D eigenvalue weighted by Crippen LogP contribution is -1.99. The van der Waals surface area contributed by atoms with Crippen LogP contribution in [0.4, 0.5) is 0 Å². The zero-order valence-corrected chi connectivity index (χ0v) is 14.4. The molecule has 0 aliphatic carbocycles. The minimum absolute atomic E-state index is 0.166. The number of fused-ring (bicyclic) bond motifs is 1. The summed E-state index contributed by atoms with van der Waals surface area (Å²) >= 11 is 7.01. The van der Waals surface area contributed by atoms with Crippen LogP contribution in [-0.4, -0.2) is 13.9 Å². The largest absolute Gasteiger partial charge is 0.491 e. The summed E-state index contributed by atoms with van der Waals surface area (Å²) in [6, 6.07) is 9.93. The highest BCUT2D eigenvalue weighted by Gasteiger charge is 2.29. The van der Waals surface area contributed by atoms with E-state index in [-0.39, 0.29) is 6.79 Å². The molecule has 0 unspecified atom stereocenters. The fourth-order valence-electron chi connectivity index (χ4n) is 2.05. The molecule has 110 valence electrons. The molecule has 0 N–H and O–H groups in total. The number of hydrogen-bond donors (Lipinski definition) is 0. The predicted molar refractivity (Wildman–Crippen MR) is 85.3 cm³/mol. The van der Waals surface area contributed by atoms with Crippen molar-refractivity contribution in [2.45, 2.75) is 6.61 Å². The van der Waals surface area contributed by atoms with Gasteiger partial charge in [-0.05, 0) is 37.4 Å². The first kappa shape index (κ1) is 14.5. The van der Waals surface area contributed by atoms with Gasteiger partial charge in [0.1, 0.15) is 15.6 Å². The summed E-state index contributed by atoms with van der Waals surface area (Å²) in [7, 11) is 1.58. The number of methoxy groups -OCH3 is 1. The van der Waals surface area contributed by atoms with Gasteiger partial charge in [-0.3, -0.25) is 0 Å². The SMILES string of the molecule is COc1c(Br)c(OCc2ccccc2)c(Br)c2c1OCO2. The third-order valence-electron chi connectivity index (χ3n) is 3.05. The molecule has 4 nitrogen and oxygen atoms in total. The summed E-state index contributed by atoms with van der Waals surface area (Å²) in [4.78, 5) is 0. The smallest absolute Gasteiger partial charge is 0.231 e. The molecule has 0 bridgehead atoms. The van der Waals surface area contributed by atoms with E-state index in [1.165, 1.54) is 0 Å². The Labute approximate surface area is 139 Å². The quantitative estimate of drug-likeness (QED) is 0.735. The Morgan fingerprint density at radius 2 is 1.71 bits per heavy atom. The van der Waals surface area contributed by atoms with Gasteiger partial charge in [0, 0.05) is 0 Å². The molecule has 0 fully saturated rings. The van der Waals surface area contributed by atoms with E-state index in [2.05, 4.69) is 31.9 Å². The molecule has 0 saturated carbocycles. The Bertz CT molecular complexity index is 659. The van der Waals surface area contributed by atoms with Crippen LogP contribution in [0.25, 0.3) is 0 Å². The molecule has 21 heavy (non-hydrogen) atoms. The molecule has 0 radical (unpaired) electrons. The van der Waals surface area contributed by atoms with Gasteiger partial charge in [0.05, 0.1) is 7.11 Å². The third-order valence-corrected chi connectivity index (χ3v) is 4.49. The maximum Gasteiger partial charge on any atom is 0.231 e. The summed E-state index contributed by atoms with van der Waals surface area (Å²) in [6.07, 6.45) is 0. The van der Waals surface area contributed by atoms with Crippen molar-refractivity contribution in [3.05, 3.63) is 44.8 Å². The first-order valence-electron chi connectivity index (χ1n) is 6.23. The molecular weight excluding hydrogens is 404 g/mol. The van der Waals surface area contributed by atoms with Gasteiger partial charge in [-0.15, -0.1) is 0 Å². The molecule has 3 rings (SSSR count). The lowest BCUT2D eigenvalue weighted by Gasteiger charge is -2.15. The van der Waals surface area contributed by atoms with E-state index in [1.807, 2.05) is 30.3 Å². The van der Waals surface area contributed by atoms with Crippen molar-refractivity contribution in [3.63, 3.8) is 0 Å². The Morgan fingerprint density at radius 1 is 1.00 bits per heavy atom. The summed E-state index contributed by atoms with van der Waals surface area (Å²) < 4.78 is 23.6. The van der Waals surface area contributed by atoms with Crippen LogP contribution in [0.1, 0.15) is 5.56 Å². The number of hydrogen-bond acceptors (Lipinski definition) is 4. The number of benzene rings is 2. The molecule has 6 heteroatoms. The first-order valence-corrected chi connectivity index (χ1v) is 7.82. The van der Waals surface area contributed by atoms with Crippen molar-refractivity contribution in [3.8, 4) is 23.0 Å². The van der Waals surface area contributed by atoms with E-state index in [1.54, 1.807) is 7.11 Å². The number of halogens is 2. The van der Waals surface area contributed by atoms with Gasteiger partial charge >= 0.3 is 0 Å². The highest BCUT2D eigenvalue weighted by atomic mass is 79.9. The Morgan fingerprint density at radius 3 is 2.43 bits per heavy atom. The van der Waals surface area contributed by atoms with Crippen molar-refractivity contribution in [2.24, 2.45) is 0 Å². The zero-order valence-electron chi connectivity index (χ0n) is 11.2. The fourth-order valence-corrected chi connectivity index (χ4v) is 3.58. The molecule has 0 spiro atoms. The van der Waals surface area contributed by atoms with Gasteiger partial charge in [-0.2, -0.15) is 0 Å². The molecule has 2 aromatic rings. The van der Waals surface area contributed by atoms with E-state index in [9.17, 15) is 0 Å². The van der Waals surface area contributed by atoms with Gasteiger partial charge in [0.15, 0.2) is 17.2 Å². The van der Waals surface area contributed by atoms with E-state index in [0.29, 0.717) is 38.6 Å². The monoisotopic (exact) mass is 414 g/mol. The fraction of sp³-hybridized carbons (Fsp3) is 0.200. The normalized spacial score (nSPS) is 12.3. The van der Waals surface area contributed by atoms with Crippen molar-refractivity contribution in [1.82, 2.24) is 0 Å². The summed E-state index contributed by atoms with van der Waals surface area (Å²) in [5.41, 5.74) is 1.08.